The van der Waals surface area contributed by atoms with Gasteiger partial charge in [0.25, 0.3) is 0 Å². The molecule has 0 amide bonds. The molecule has 41 heavy (non-hydrogen) atoms. The van der Waals surface area contributed by atoms with Crippen LogP contribution in [-0.2, 0) is 23.5 Å². The fourth-order valence-corrected chi connectivity index (χ4v) is 8.23. The highest BCUT2D eigenvalue weighted by Gasteiger charge is 2.51. The van der Waals surface area contributed by atoms with E-state index in [0.29, 0.717) is 5.75 Å². The molecule has 1 fully saturated rings. The summed E-state index contributed by atoms with van der Waals surface area (Å²) in [4.78, 5) is 25.8. The lowest BCUT2D eigenvalue weighted by molar-refractivity contribution is -0.154. The first kappa shape index (κ1) is 33.5. The molecule has 228 valence electrons. The molecule has 0 saturated heterocycles. The van der Waals surface area contributed by atoms with Gasteiger partial charge in [-0.15, -0.1) is 0 Å². The summed E-state index contributed by atoms with van der Waals surface area (Å²) in [5.74, 6) is 0.412. The molecule has 0 spiro atoms. The Balaban J connectivity index is 1.87. The number of carbonyl (C=O) groups is 2. The number of Topliss-reactive ketones (excluding diaryl/α,β-unsaturated/α-hetero) is 1. The highest BCUT2D eigenvalue weighted by Crippen LogP contribution is 2.56. The average Bonchev–Trinajstić information content (AvgIpc) is 3.20. The predicted molar refractivity (Wildman–Crippen MR) is 169 cm³/mol. The lowest BCUT2D eigenvalue weighted by atomic mass is 9.62. The van der Waals surface area contributed by atoms with Crippen LogP contribution in [0.3, 0.4) is 0 Å². The molecular formula is C33H50O6SSi. The molecule has 0 heterocycles. The zero-order valence-corrected chi connectivity index (χ0v) is 28.5. The number of hydrogen-bond acceptors (Lipinski definition) is 7. The zero-order chi connectivity index (χ0) is 30.8. The fourth-order valence-electron chi connectivity index (χ4n) is 6.31. The summed E-state index contributed by atoms with van der Waals surface area (Å²) in [6, 6.07) is 9.28. The topological polar surface area (TPSA) is 71.1 Å². The van der Waals surface area contributed by atoms with Gasteiger partial charge in [-0.25, -0.2) is 0 Å². The number of thiocarbonyl (C=S) groups is 1. The molecule has 0 bridgehead atoms. The zero-order valence-electron chi connectivity index (χ0n) is 26.7. The highest BCUT2D eigenvalue weighted by atomic mass is 32.1. The molecule has 3 rings (SSSR count). The van der Waals surface area contributed by atoms with Crippen LogP contribution in [0.25, 0.3) is 0 Å². The molecule has 0 aromatic heterocycles. The highest BCUT2D eigenvalue weighted by molar-refractivity contribution is 7.79. The summed E-state index contributed by atoms with van der Waals surface area (Å²) in [7, 11) is -2.21. The van der Waals surface area contributed by atoms with Crippen molar-refractivity contribution in [3.63, 3.8) is 0 Å². The first-order chi connectivity index (χ1) is 18.9. The molecule has 1 aromatic carbocycles. The normalized spacial score (nSPS) is 24.5. The van der Waals surface area contributed by atoms with Gasteiger partial charge in [0, 0.05) is 37.4 Å². The van der Waals surface area contributed by atoms with Crippen molar-refractivity contribution in [3.8, 4) is 5.75 Å². The van der Waals surface area contributed by atoms with Crippen molar-refractivity contribution in [3.05, 3.63) is 42.0 Å². The van der Waals surface area contributed by atoms with Gasteiger partial charge in [0.1, 0.15) is 23.6 Å². The summed E-state index contributed by atoms with van der Waals surface area (Å²) in [6.45, 7) is 20.4. The Morgan fingerprint density at radius 2 is 1.76 bits per heavy atom. The van der Waals surface area contributed by atoms with E-state index in [1.165, 1.54) is 12.5 Å². The van der Waals surface area contributed by atoms with Crippen LogP contribution in [0, 0.1) is 17.3 Å². The van der Waals surface area contributed by atoms with Gasteiger partial charge in [-0.3, -0.25) is 9.59 Å². The van der Waals surface area contributed by atoms with Crippen molar-refractivity contribution < 1.29 is 28.2 Å². The third-order valence-corrected chi connectivity index (χ3v) is 14.4. The van der Waals surface area contributed by atoms with Crippen LogP contribution < -0.4 is 4.74 Å². The second kappa shape index (κ2) is 12.7. The van der Waals surface area contributed by atoms with E-state index in [2.05, 4.69) is 53.8 Å². The lowest BCUT2D eigenvalue weighted by Crippen LogP contribution is -2.51. The Kier molecular flexibility index (Phi) is 10.4. The molecule has 0 radical (unpaired) electrons. The molecule has 6 nitrogen and oxygen atoms in total. The van der Waals surface area contributed by atoms with Crippen LogP contribution in [0.2, 0.25) is 18.1 Å². The minimum absolute atomic E-state index is 0.00861. The number of carbonyl (C=O) groups excluding carboxylic acids is 2. The van der Waals surface area contributed by atoms with E-state index in [1.807, 2.05) is 44.2 Å². The Bertz CT molecular complexity index is 1140. The molecular weight excluding hydrogens is 553 g/mol. The van der Waals surface area contributed by atoms with E-state index in [1.54, 1.807) is 0 Å². The Labute approximate surface area is 253 Å². The van der Waals surface area contributed by atoms with Crippen molar-refractivity contribution in [1.82, 2.24) is 0 Å². The molecule has 8 heteroatoms. The smallest absolute Gasteiger partial charge is 0.358 e. The third kappa shape index (κ3) is 7.88. The average molecular weight is 603 g/mol. The fraction of sp³-hybridized carbons (Fsp3) is 0.667. The number of hydrogen-bond donors (Lipinski definition) is 0. The van der Waals surface area contributed by atoms with Crippen molar-refractivity contribution in [2.75, 3.05) is 0 Å². The Morgan fingerprint density at radius 3 is 2.34 bits per heavy atom. The number of ketones is 1. The summed E-state index contributed by atoms with van der Waals surface area (Å²) >= 11 is 5.54. The van der Waals surface area contributed by atoms with Crippen molar-refractivity contribution in [2.45, 2.75) is 123 Å². The first-order valence-electron chi connectivity index (χ1n) is 14.9. The third-order valence-electron chi connectivity index (χ3n) is 9.64. The Morgan fingerprint density at radius 1 is 1.12 bits per heavy atom. The van der Waals surface area contributed by atoms with Crippen LogP contribution in [0.5, 0.6) is 5.75 Å². The molecule has 2 aliphatic carbocycles. The standard InChI is InChI=1S/C33H50O6SSi/c1-22(25-18-19-26-27(36-23(2)34)17-14-20-33(25,26)8)28(38-30(40)37-24-15-12-11-13-16-24)21-29(35)32(6,7)39-41(9,10)31(3,4)5/h11-13,15-16,18,22,26-28H,14,17,19-21H2,1-10H3/t22-,26-,27-,28?,33+/m0/s1. The van der Waals surface area contributed by atoms with Crippen molar-refractivity contribution >= 4 is 37.5 Å². The van der Waals surface area contributed by atoms with Crippen molar-refractivity contribution in [2.24, 2.45) is 17.3 Å². The van der Waals surface area contributed by atoms with Crippen LogP contribution in [0.1, 0.15) is 87.5 Å². The van der Waals surface area contributed by atoms with Crippen LogP contribution >= 0.6 is 12.2 Å². The summed E-state index contributed by atoms with van der Waals surface area (Å²) in [6.07, 6.45) is 5.44. The maximum atomic E-state index is 13.9. The van der Waals surface area contributed by atoms with Gasteiger partial charge in [-0.05, 0) is 75.2 Å². The number of ether oxygens (including phenoxy) is 3. The molecule has 1 saturated carbocycles. The second-order valence-corrected chi connectivity index (χ2v) is 19.1. The number of esters is 1. The monoisotopic (exact) mass is 602 g/mol. The quantitative estimate of drug-likeness (QED) is 0.116. The SMILES string of the molecule is CC(=O)O[C@H]1CCC[C@]2(C)C([C@H](C)C(CC(=O)C(C)(C)O[Si](C)(C)C(C)(C)C)OC(=S)Oc3ccccc3)=CC[C@@H]12. The largest absolute Gasteiger partial charge is 0.462 e. The maximum absolute atomic E-state index is 13.9. The van der Waals surface area contributed by atoms with E-state index >= 15 is 0 Å². The molecule has 1 aromatic rings. The number of allylic oxidation sites excluding steroid dienone is 1. The number of para-hydroxylation sites is 1. The maximum Gasteiger partial charge on any atom is 0.358 e. The van der Waals surface area contributed by atoms with E-state index < -0.39 is 20.0 Å². The summed E-state index contributed by atoms with van der Waals surface area (Å²) in [5, 5.41) is -0.0398. The second-order valence-electron chi connectivity index (χ2n) is 14.1. The molecule has 5 atom stereocenters. The van der Waals surface area contributed by atoms with Gasteiger partial charge in [0.05, 0.1) is 0 Å². The molecule has 1 unspecified atom stereocenters. The van der Waals surface area contributed by atoms with E-state index in [0.717, 1.165) is 25.7 Å². The van der Waals surface area contributed by atoms with Gasteiger partial charge in [0.15, 0.2) is 14.1 Å². The number of rotatable bonds is 10. The Hall–Kier alpha value is -2.03. The molecule has 0 N–H and O–H groups in total. The van der Waals surface area contributed by atoms with Crippen LogP contribution in [0.4, 0.5) is 0 Å². The van der Waals surface area contributed by atoms with Gasteiger partial charge >= 0.3 is 11.2 Å². The number of fused-ring (bicyclic) bond motifs is 1. The minimum Gasteiger partial charge on any atom is -0.462 e. The van der Waals surface area contributed by atoms with Gasteiger partial charge in [-0.2, -0.15) is 0 Å². The summed E-state index contributed by atoms with van der Waals surface area (Å²) < 4.78 is 24.5. The van der Waals surface area contributed by atoms with Gasteiger partial charge < -0.3 is 18.6 Å². The van der Waals surface area contributed by atoms with E-state index in [4.69, 9.17) is 30.9 Å². The molecule has 0 aliphatic heterocycles. The van der Waals surface area contributed by atoms with Crippen molar-refractivity contribution in [1.29, 1.82) is 0 Å². The van der Waals surface area contributed by atoms with Gasteiger partial charge in [-0.1, -0.05) is 64.5 Å². The van der Waals surface area contributed by atoms with Gasteiger partial charge in [0.2, 0.25) is 0 Å². The molecule has 2 aliphatic rings. The number of benzene rings is 1. The lowest BCUT2D eigenvalue weighted by Gasteiger charge is -2.45. The summed E-state index contributed by atoms with van der Waals surface area (Å²) in [5.41, 5.74) is 0.105. The predicted octanol–water partition coefficient (Wildman–Crippen LogP) is 8.20. The van der Waals surface area contributed by atoms with E-state index in [9.17, 15) is 9.59 Å². The van der Waals surface area contributed by atoms with E-state index in [-0.39, 0.29) is 51.8 Å². The first-order valence-corrected chi connectivity index (χ1v) is 18.2. The minimum atomic E-state index is -2.21. The van der Waals surface area contributed by atoms with Crippen LogP contribution in [0.15, 0.2) is 42.0 Å². The van der Waals surface area contributed by atoms with Crippen LogP contribution in [-0.4, -0.2) is 43.1 Å².